The number of rotatable bonds is 3. The van der Waals surface area contributed by atoms with E-state index in [9.17, 15) is 0 Å². The second-order valence-corrected chi connectivity index (χ2v) is 10.2. The minimum atomic E-state index is 0.882. The van der Waals surface area contributed by atoms with Gasteiger partial charge in [0, 0.05) is 38.5 Å². The standard InChI is InChI=1S/C38H24N2/c1-2-26-16-20-30(21-17-26)40-36-15-9-7-13-32(36)34-23-19-28(25-38(34)40)27-18-22-33-31-12-6-8-14-35(31)39(37(33)24-27)29-10-4-3-5-11-29/h1,3-25H. The van der Waals surface area contributed by atoms with E-state index in [1.165, 1.54) is 54.7 Å². The van der Waals surface area contributed by atoms with Gasteiger partial charge in [-0.15, -0.1) is 6.42 Å². The molecular formula is C38H24N2. The number of hydrogen-bond donors (Lipinski definition) is 0. The molecule has 0 aliphatic carbocycles. The summed E-state index contributed by atoms with van der Waals surface area (Å²) < 4.78 is 4.71. The molecule has 2 heterocycles. The van der Waals surface area contributed by atoms with E-state index in [1.54, 1.807) is 0 Å². The number of aromatic nitrogens is 2. The van der Waals surface area contributed by atoms with Gasteiger partial charge in [0.2, 0.25) is 0 Å². The fourth-order valence-electron chi connectivity index (χ4n) is 6.14. The molecule has 8 rings (SSSR count). The van der Waals surface area contributed by atoms with Crippen LogP contribution in [0, 0.1) is 12.3 Å². The van der Waals surface area contributed by atoms with E-state index in [0.717, 1.165) is 16.9 Å². The molecule has 0 bridgehead atoms. The molecule has 0 radical (unpaired) electrons. The first kappa shape index (κ1) is 22.5. The largest absolute Gasteiger partial charge is 0.309 e. The van der Waals surface area contributed by atoms with Gasteiger partial charge in [-0.2, -0.15) is 0 Å². The molecule has 2 aromatic heterocycles. The Morgan fingerprint density at radius 1 is 0.400 bits per heavy atom. The lowest BCUT2D eigenvalue weighted by Crippen LogP contribution is -1.94. The Morgan fingerprint density at radius 3 is 1.38 bits per heavy atom. The second kappa shape index (κ2) is 8.76. The molecule has 0 N–H and O–H groups in total. The van der Waals surface area contributed by atoms with Gasteiger partial charge >= 0.3 is 0 Å². The summed E-state index contributed by atoms with van der Waals surface area (Å²) >= 11 is 0. The molecule has 2 heteroatoms. The molecule has 8 aromatic rings. The van der Waals surface area contributed by atoms with Gasteiger partial charge in [0.25, 0.3) is 0 Å². The first-order valence-electron chi connectivity index (χ1n) is 13.5. The normalized spacial score (nSPS) is 11.5. The molecular weight excluding hydrogens is 484 g/mol. The Bertz CT molecular complexity index is 2260. The van der Waals surface area contributed by atoms with E-state index in [1.807, 2.05) is 12.1 Å². The monoisotopic (exact) mass is 508 g/mol. The summed E-state index contributed by atoms with van der Waals surface area (Å²) in [6, 6.07) is 49.8. The highest BCUT2D eigenvalue weighted by atomic mass is 15.0. The molecule has 0 fully saturated rings. The SMILES string of the molecule is C#Cc1ccc(-n2c3ccccc3c3ccc(-c4ccc5c6ccccc6n(-c6ccccc6)c5c4)cc32)cc1. The van der Waals surface area contributed by atoms with Gasteiger partial charge in [0.15, 0.2) is 0 Å². The summed E-state index contributed by atoms with van der Waals surface area (Å²) in [6.45, 7) is 0. The minimum Gasteiger partial charge on any atom is -0.309 e. The minimum absolute atomic E-state index is 0.882. The van der Waals surface area contributed by atoms with Crippen molar-refractivity contribution in [1.82, 2.24) is 9.13 Å². The van der Waals surface area contributed by atoms with E-state index in [0.29, 0.717) is 0 Å². The topological polar surface area (TPSA) is 9.86 Å². The quantitative estimate of drug-likeness (QED) is 0.210. The van der Waals surface area contributed by atoms with Gasteiger partial charge in [-0.3, -0.25) is 0 Å². The van der Waals surface area contributed by atoms with E-state index >= 15 is 0 Å². The predicted octanol–water partition coefficient (Wildman–Crippen LogP) is 9.53. The van der Waals surface area contributed by atoms with Crippen molar-refractivity contribution < 1.29 is 0 Å². The number of benzene rings is 6. The molecule has 0 aliphatic heterocycles. The molecule has 0 spiro atoms. The lowest BCUT2D eigenvalue weighted by atomic mass is 10.0. The Kier molecular flexibility index (Phi) is 4.92. The van der Waals surface area contributed by atoms with Crippen molar-refractivity contribution in [3.63, 3.8) is 0 Å². The predicted molar refractivity (Wildman–Crippen MR) is 168 cm³/mol. The van der Waals surface area contributed by atoms with Crippen LogP contribution in [0.1, 0.15) is 5.56 Å². The summed E-state index contributed by atoms with van der Waals surface area (Å²) in [6.07, 6.45) is 5.64. The lowest BCUT2D eigenvalue weighted by molar-refractivity contribution is 1.18. The van der Waals surface area contributed by atoms with E-state index in [-0.39, 0.29) is 0 Å². The zero-order valence-corrected chi connectivity index (χ0v) is 21.8. The van der Waals surface area contributed by atoms with Crippen molar-refractivity contribution in [2.75, 3.05) is 0 Å². The number of para-hydroxylation sites is 3. The summed E-state index contributed by atoms with van der Waals surface area (Å²) in [5.41, 5.74) is 10.3. The molecule has 186 valence electrons. The third-order valence-electron chi connectivity index (χ3n) is 7.99. The van der Waals surface area contributed by atoms with Gasteiger partial charge < -0.3 is 9.13 Å². The molecule has 0 saturated heterocycles. The van der Waals surface area contributed by atoms with Crippen LogP contribution >= 0.6 is 0 Å². The third-order valence-corrected chi connectivity index (χ3v) is 7.99. The van der Waals surface area contributed by atoms with Crippen LogP contribution in [-0.2, 0) is 0 Å². The first-order chi connectivity index (χ1) is 19.8. The molecule has 0 aliphatic rings. The van der Waals surface area contributed by atoms with Crippen LogP contribution in [0.4, 0.5) is 0 Å². The van der Waals surface area contributed by atoms with Crippen molar-refractivity contribution in [3.05, 3.63) is 145 Å². The Hall–Kier alpha value is -5.52. The molecule has 0 unspecified atom stereocenters. The second-order valence-electron chi connectivity index (χ2n) is 10.2. The van der Waals surface area contributed by atoms with Crippen LogP contribution < -0.4 is 0 Å². The van der Waals surface area contributed by atoms with Crippen molar-refractivity contribution in [3.8, 4) is 34.8 Å². The highest BCUT2D eigenvalue weighted by Crippen LogP contribution is 2.38. The van der Waals surface area contributed by atoms with E-state index in [2.05, 4.69) is 142 Å². The zero-order valence-electron chi connectivity index (χ0n) is 21.8. The highest BCUT2D eigenvalue weighted by molar-refractivity contribution is 6.12. The number of hydrogen-bond acceptors (Lipinski definition) is 0. The van der Waals surface area contributed by atoms with Crippen molar-refractivity contribution in [1.29, 1.82) is 0 Å². The van der Waals surface area contributed by atoms with Gasteiger partial charge in [0.1, 0.15) is 0 Å². The molecule has 40 heavy (non-hydrogen) atoms. The maximum atomic E-state index is 5.64. The average Bonchev–Trinajstić information content (AvgIpc) is 3.53. The fourth-order valence-corrected chi connectivity index (χ4v) is 6.14. The summed E-state index contributed by atoms with van der Waals surface area (Å²) in [5.74, 6) is 2.73. The van der Waals surface area contributed by atoms with Gasteiger partial charge in [-0.1, -0.05) is 84.8 Å². The Morgan fingerprint density at radius 2 is 0.850 bits per heavy atom. The Labute approximate surface area is 232 Å². The maximum absolute atomic E-state index is 5.64. The number of fused-ring (bicyclic) bond motifs is 6. The van der Waals surface area contributed by atoms with Crippen molar-refractivity contribution in [2.24, 2.45) is 0 Å². The molecule has 0 atom stereocenters. The highest BCUT2D eigenvalue weighted by Gasteiger charge is 2.15. The van der Waals surface area contributed by atoms with Gasteiger partial charge in [-0.05, 0) is 71.8 Å². The fraction of sp³-hybridized carbons (Fsp3) is 0. The van der Waals surface area contributed by atoms with E-state index in [4.69, 9.17) is 6.42 Å². The van der Waals surface area contributed by atoms with Crippen LogP contribution in [0.25, 0.3) is 66.1 Å². The van der Waals surface area contributed by atoms with Crippen LogP contribution in [-0.4, -0.2) is 9.13 Å². The van der Waals surface area contributed by atoms with Crippen LogP contribution in [0.15, 0.2) is 140 Å². The lowest BCUT2D eigenvalue weighted by Gasteiger charge is -2.10. The average molecular weight is 509 g/mol. The summed E-state index contributed by atoms with van der Waals surface area (Å²) in [7, 11) is 0. The molecule has 0 saturated carbocycles. The maximum Gasteiger partial charge on any atom is 0.0547 e. The van der Waals surface area contributed by atoms with Crippen molar-refractivity contribution in [2.45, 2.75) is 0 Å². The number of nitrogens with zero attached hydrogens (tertiary/aromatic N) is 2. The summed E-state index contributed by atoms with van der Waals surface area (Å²) in [4.78, 5) is 0. The van der Waals surface area contributed by atoms with E-state index < -0.39 is 0 Å². The van der Waals surface area contributed by atoms with Gasteiger partial charge in [0.05, 0.1) is 22.1 Å². The first-order valence-corrected chi connectivity index (χ1v) is 13.5. The number of terminal acetylenes is 1. The Balaban J connectivity index is 1.38. The van der Waals surface area contributed by atoms with Crippen LogP contribution in [0.5, 0.6) is 0 Å². The third kappa shape index (κ3) is 3.32. The smallest absolute Gasteiger partial charge is 0.0547 e. The zero-order chi connectivity index (χ0) is 26.6. The van der Waals surface area contributed by atoms with Crippen molar-refractivity contribution >= 4 is 43.6 Å². The van der Waals surface area contributed by atoms with Crippen LogP contribution in [0.2, 0.25) is 0 Å². The summed E-state index contributed by atoms with van der Waals surface area (Å²) in [5, 5.41) is 5.00. The van der Waals surface area contributed by atoms with Gasteiger partial charge in [-0.25, -0.2) is 0 Å². The molecule has 6 aromatic carbocycles. The molecule has 2 nitrogen and oxygen atoms in total. The van der Waals surface area contributed by atoms with Crippen LogP contribution in [0.3, 0.4) is 0 Å². The molecule has 0 amide bonds.